The molecule has 0 bridgehead atoms. The van der Waals surface area contributed by atoms with Crippen LogP contribution in [0.4, 0.5) is 13.2 Å². The Balaban J connectivity index is 1.66. The lowest BCUT2D eigenvalue weighted by Crippen LogP contribution is -2.23. The van der Waals surface area contributed by atoms with E-state index in [9.17, 15) is 18.0 Å². The fourth-order valence-corrected chi connectivity index (χ4v) is 2.78. The summed E-state index contributed by atoms with van der Waals surface area (Å²) in [6, 6.07) is 19.1. The molecule has 0 saturated heterocycles. The molecule has 1 N–H and O–H groups in total. The van der Waals surface area contributed by atoms with E-state index < -0.39 is 17.6 Å². The van der Waals surface area contributed by atoms with Crippen LogP contribution in [0.25, 0.3) is 0 Å². The lowest BCUT2D eigenvalue weighted by Gasteiger charge is -2.13. The fraction of sp³-hybridized carbons (Fsp3) is 0.174. The Bertz CT molecular complexity index is 987. The molecular formula is C23H20F3NO3. The number of carbonyl (C=O) groups is 1. The number of ether oxygens (including phenoxy) is 2. The number of benzene rings is 3. The summed E-state index contributed by atoms with van der Waals surface area (Å²) in [5.41, 5.74) is 1.07. The average Bonchev–Trinajstić information content (AvgIpc) is 2.76. The SMILES string of the molecule is COc1ccc(OCc2ccccc2)cc1C(=O)NCc1ccc(C(F)(F)F)cc1. The summed E-state index contributed by atoms with van der Waals surface area (Å²) in [7, 11) is 1.45. The summed E-state index contributed by atoms with van der Waals surface area (Å²) in [6.07, 6.45) is -4.39. The highest BCUT2D eigenvalue weighted by Crippen LogP contribution is 2.29. The van der Waals surface area contributed by atoms with Crippen molar-refractivity contribution >= 4 is 5.91 Å². The lowest BCUT2D eigenvalue weighted by atomic mass is 10.1. The summed E-state index contributed by atoms with van der Waals surface area (Å²) in [5.74, 6) is 0.447. The van der Waals surface area contributed by atoms with E-state index >= 15 is 0 Å². The van der Waals surface area contributed by atoms with E-state index in [0.717, 1.165) is 17.7 Å². The number of methoxy groups -OCH3 is 1. The molecule has 1 amide bonds. The second-order valence-electron chi connectivity index (χ2n) is 6.51. The maximum atomic E-state index is 12.7. The van der Waals surface area contributed by atoms with Gasteiger partial charge in [-0.1, -0.05) is 42.5 Å². The molecule has 0 radical (unpaired) electrons. The Morgan fingerprint density at radius 3 is 2.27 bits per heavy atom. The number of rotatable bonds is 7. The zero-order valence-corrected chi connectivity index (χ0v) is 16.2. The summed E-state index contributed by atoms with van der Waals surface area (Å²) in [4.78, 5) is 12.6. The summed E-state index contributed by atoms with van der Waals surface area (Å²) < 4.78 is 49.0. The highest BCUT2D eigenvalue weighted by Gasteiger charge is 2.29. The number of alkyl halides is 3. The lowest BCUT2D eigenvalue weighted by molar-refractivity contribution is -0.137. The van der Waals surface area contributed by atoms with Crippen LogP contribution in [0.3, 0.4) is 0 Å². The number of hydrogen-bond acceptors (Lipinski definition) is 3. The van der Waals surface area contributed by atoms with E-state index in [2.05, 4.69) is 5.32 Å². The molecule has 3 rings (SSSR count). The van der Waals surface area contributed by atoms with Gasteiger partial charge in [-0.25, -0.2) is 0 Å². The molecule has 3 aromatic rings. The van der Waals surface area contributed by atoms with Gasteiger partial charge >= 0.3 is 6.18 Å². The van der Waals surface area contributed by atoms with E-state index in [1.165, 1.54) is 19.2 Å². The molecule has 30 heavy (non-hydrogen) atoms. The Labute approximate surface area is 172 Å². The summed E-state index contributed by atoms with van der Waals surface area (Å²) in [5, 5.41) is 2.69. The Hall–Kier alpha value is -3.48. The first-order valence-corrected chi connectivity index (χ1v) is 9.16. The largest absolute Gasteiger partial charge is 0.496 e. The quantitative estimate of drug-likeness (QED) is 0.575. The van der Waals surface area contributed by atoms with Gasteiger partial charge in [-0.05, 0) is 41.5 Å². The average molecular weight is 415 g/mol. The van der Waals surface area contributed by atoms with E-state index in [0.29, 0.717) is 23.7 Å². The Kier molecular flexibility index (Phi) is 6.61. The van der Waals surface area contributed by atoms with Gasteiger partial charge in [0, 0.05) is 6.54 Å². The first kappa shape index (κ1) is 21.2. The Morgan fingerprint density at radius 1 is 0.933 bits per heavy atom. The molecule has 0 unspecified atom stereocenters. The summed E-state index contributed by atoms with van der Waals surface area (Å²) in [6.45, 7) is 0.426. The van der Waals surface area contributed by atoms with Crippen molar-refractivity contribution in [2.75, 3.05) is 7.11 Å². The highest BCUT2D eigenvalue weighted by molar-refractivity contribution is 5.97. The molecule has 4 nitrogen and oxygen atoms in total. The third-order valence-corrected chi connectivity index (χ3v) is 4.40. The van der Waals surface area contributed by atoms with Crippen molar-refractivity contribution in [3.63, 3.8) is 0 Å². The molecule has 0 aliphatic carbocycles. The monoisotopic (exact) mass is 415 g/mol. The van der Waals surface area contributed by atoms with Gasteiger partial charge in [0.15, 0.2) is 0 Å². The molecule has 156 valence electrons. The number of nitrogens with one attached hydrogen (secondary N) is 1. The van der Waals surface area contributed by atoms with E-state index in [1.807, 2.05) is 30.3 Å². The molecule has 0 fully saturated rings. The molecule has 0 aromatic heterocycles. The molecule has 0 spiro atoms. The van der Waals surface area contributed by atoms with Gasteiger partial charge in [-0.3, -0.25) is 4.79 Å². The van der Waals surface area contributed by atoms with Crippen LogP contribution in [0, 0.1) is 0 Å². The van der Waals surface area contributed by atoms with Gasteiger partial charge in [0.1, 0.15) is 18.1 Å². The van der Waals surface area contributed by atoms with Crippen LogP contribution in [0.5, 0.6) is 11.5 Å². The third kappa shape index (κ3) is 5.53. The standard InChI is InChI=1S/C23H20F3NO3/c1-29-21-12-11-19(30-15-17-5-3-2-4-6-17)13-20(21)22(28)27-14-16-7-9-18(10-8-16)23(24,25)26/h2-13H,14-15H2,1H3,(H,27,28). The fourth-order valence-electron chi connectivity index (χ4n) is 2.78. The maximum Gasteiger partial charge on any atom is 0.416 e. The molecule has 0 saturated carbocycles. The third-order valence-electron chi connectivity index (χ3n) is 4.40. The van der Waals surface area contributed by atoms with Gasteiger partial charge in [-0.2, -0.15) is 13.2 Å². The number of hydrogen-bond donors (Lipinski definition) is 1. The van der Waals surface area contributed by atoms with Gasteiger partial charge in [0.2, 0.25) is 0 Å². The second-order valence-corrected chi connectivity index (χ2v) is 6.51. The van der Waals surface area contributed by atoms with Gasteiger partial charge in [0.05, 0.1) is 18.2 Å². The second kappa shape index (κ2) is 9.35. The van der Waals surface area contributed by atoms with Crippen LogP contribution in [-0.4, -0.2) is 13.0 Å². The minimum absolute atomic E-state index is 0.0786. The smallest absolute Gasteiger partial charge is 0.416 e. The molecular weight excluding hydrogens is 395 g/mol. The van der Waals surface area contributed by atoms with Crippen LogP contribution in [0.15, 0.2) is 72.8 Å². The first-order valence-electron chi connectivity index (χ1n) is 9.16. The number of carbonyl (C=O) groups excluding carboxylic acids is 1. The van der Waals surface area contributed by atoms with Gasteiger partial charge in [0.25, 0.3) is 5.91 Å². The molecule has 0 aliphatic rings. The van der Waals surface area contributed by atoms with Crippen molar-refractivity contribution in [2.24, 2.45) is 0 Å². The molecule has 3 aromatic carbocycles. The van der Waals surface area contributed by atoms with Crippen molar-refractivity contribution in [3.8, 4) is 11.5 Å². The van der Waals surface area contributed by atoms with E-state index in [4.69, 9.17) is 9.47 Å². The van der Waals surface area contributed by atoms with Crippen LogP contribution in [0.1, 0.15) is 27.0 Å². The van der Waals surface area contributed by atoms with Crippen LogP contribution in [-0.2, 0) is 19.3 Å². The predicted molar refractivity (Wildman–Crippen MR) is 106 cm³/mol. The molecule has 0 heterocycles. The minimum Gasteiger partial charge on any atom is -0.496 e. The first-order chi connectivity index (χ1) is 14.4. The van der Waals surface area contributed by atoms with Gasteiger partial charge in [-0.15, -0.1) is 0 Å². The van der Waals surface area contributed by atoms with E-state index in [1.54, 1.807) is 18.2 Å². The number of halogens is 3. The van der Waals surface area contributed by atoms with Crippen LogP contribution in [0.2, 0.25) is 0 Å². The predicted octanol–water partition coefficient (Wildman–Crippen LogP) is 5.22. The van der Waals surface area contributed by atoms with Crippen molar-refractivity contribution in [3.05, 3.63) is 95.1 Å². The normalized spacial score (nSPS) is 11.1. The topological polar surface area (TPSA) is 47.6 Å². The van der Waals surface area contributed by atoms with Crippen molar-refractivity contribution < 1.29 is 27.4 Å². The minimum atomic E-state index is -4.39. The van der Waals surface area contributed by atoms with Crippen LogP contribution < -0.4 is 14.8 Å². The highest BCUT2D eigenvalue weighted by atomic mass is 19.4. The molecule has 7 heteroatoms. The zero-order chi connectivity index (χ0) is 21.6. The van der Waals surface area contributed by atoms with Gasteiger partial charge < -0.3 is 14.8 Å². The molecule has 0 aliphatic heterocycles. The van der Waals surface area contributed by atoms with Crippen molar-refractivity contribution in [1.82, 2.24) is 5.32 Å². The summed E-state index contributed by atoms with van der Waals surface area (Å²) >= 11 is 0. The van der Waals surface area contributed by atoms with Crippen molar-refractivity contribution in [2.45, 2.75) is 19.3 Å². The van der Waals surface area contributed by atoms with E-state index in [-0.39, 0.29) is 12.1 Å². The number of amides is 1. The van der Waals surface area contributed by atoms with Crippen molar-refractivity contribution in [1.29, 1.82) is 0 Å². The maximum absolute atomic E-state index is 12.7. The van der Waals surface area contributed by atoms with Crippen LogP contribution >= 0.6 is 0 Å². The molecule has 0 atom stereocenters. The zero-order valence-electron chi connectivity index (χ0n) is 16.2. The Morgan fingerprint density at radius 2 is 1.63 bits per heavy atom.